The lowest BCUT2D eigenvalue weighted by Gasteiger charge is -2.16. The van der Waals surface area contributed by atoms with E-state index in [4.69, 9.17) is 5.11 Å². The number of nitrogens with one attached hydrogen (secondary N) is 1. The fourth-order valence-electron chi connectivity index (χ4n) is 1.93. The molecule has 0 amide bonds. The lowest BCUT2D eigenvalue weighted by molar-refractivity contribution is -0.141. The fraction of sp³-hybridized carbons (Fsp3) is 0.286. The molecule has 0 fully saturated rings. The predicted octanol–water partition coefficient (Wildman–Crippen LogP) is 0.0437. The first kappa shape index (κ1) is 17.1. The summed E-state index contributed by atoms with van der Waals surface area (Å²) in [4.78, 5) is 10.8. The van der Waals surface area contributed by atoms with Crippen LogP contribution < -0.4 is 4.72 Å². The summed E-state index contributed by atoms with van der Waals surface area (Å²) in [6, 6.07) is 7.71. The van der Waals surface area contributed by atoms with Gasteiger partial charge < -0.3 is 10.2 Å². The summed E-state index contributed by atoms with van der Waals surface area (Å²) < 4.78 is 27.7. The van der Waals surface area contributed by atoms with E-state index in [0.29, 0.717) is 6.54 Å². The molecule has 124 valence electrons. The van der Waals surface area contributed by atoms with Crippen LogP contribution in [0.5, 0.6) is 0 Å². The average Bonchev–Trinajstić information content (AvgIpc) is 2.95. The second-order valence-corrected chi connectivity index (χ2v) is 6.75. The highest BCUT2D eigenvalue weighted by molar-refractivity contribution is 7.89. The predicted molar refractivity (Wildman–Crippen MR) is 81.2 cm³/mol. The molecule has 3 N–H and O–H groups in total. The monoisotopic (exact) mass is 339 g/mol. The number of hydrogen-bond donors (Lipinski definition) is 3. The zero-order chi connectivity index (χ0) is 17.0. The van der Waals surface area contributed by atoms with Crippen LogP contribution in [0.25, 0.3) is 0 Å². The Balaban J connectivity index is 2.16. The summed E-state index contributed by atoms with van der Waals surface area (Å²) in [5.41, 5.74) is 0.944. The molecule has 0 bridgehead atoms. The molecule has 2 aromatic rings. The summed E-state index contributed by atoms with van der Waals surface area (Å²) >= 11 is 0. The van der Waals surface area contributed by atoms with Gasteiger partial charge in [-0.05, 0) is 12.5 Å². The van der Waals surface area contributed by atoms with Gasteiger partial charge in [-0.3, -0.25) is 9.48 Å². The Morgan fingerprint density at radius 2 is 2.00 bits per heavy atom. The van der Waals surface area contributed by atoms with E-state index >= 15 is 0 Å². The van der Waals surface area contributed by atoms with Crippen LogP contribution in [0.3, 0.4) is 0 Å². The number of carboxylic acid groups (broad SMARTS) is 1. The van der Waals surface area contributed by atoms with Gasteiger partial charge in [0.25, 0.3) is 0 Å². The molecular weight excluding hydrogens is 322 g/mol. The minimum atomic E-state index is -4.10. The molecule has 2 atom stereocenters. The molecule has 0 radical (unpaired) electrons. The van der Waals surface area contributed by atoms with Crippen LogP contribution in [0.15, 0.2) is 47.6 Å². The van der Waals surface area contributed by atoms with Gasteiger partial charge in [-0.15, -0.1) is 0 Å². The van der Waals surface area contributed by atoms with Crippen LogP contribution in [-0.4, -0.2) is 46.5 Å². The Kier molecular flexibility index (Phi) is 5.14. The SMILES string of the molecule is C[C@H](O)[C@H](NS(=O)(=O)c1cnn(Cc2ccccc2)c1)C(=O)O. The van der Waals surface area contributed by atoms with Crippen molar-refractivity contribution in [2.45, 2.75) is 30.5 Å². The van der Waals surface area contributed by atoms with Gasteiger partial charge in [-0.1, -0.05) is 30.3 Å². The minimum Gasteiger partial charge on any atom is -0.480 e. The maximum atomic E-state index is 12.2. The third-order valence-electron chi connectivity index (χ3n) is 3.14. The first-order valence-corrected chi connectivity index (χ1v) is 8.27. The Bertz CT molecular complexity index is 771. The molecule has 0 aliphatic heterocycles. The van der Waals surface area contributed by atoms with Crippen molar-refractivity contribution in [1.82, 2.24) is 14.5 Å². The topological polar surface area (TPSA) is 122 Å². The van der Waals surface area contributed by atoms with Gasteiger partial charge in [-0.25, -0.2) is 8.42 Å². The van der Waals surface area contributed by atoms with Crippen LogP contribution in [0.2, 0.25) is 0 Å². The molecule has 0 unspecified atom stereocenters. The number of benzene rings is 1. The van der Waals surface area contributed by atoms with Crippen molar-refractivity contribution in [2.75, 3.05) is 0 Å². The van der Waals surface area contributed by atoms with Gasteiger partial charge in [0.15, 0.2) is 0 Å². The Morgan fingerprint density at radius 3 is 2.57 bits per heavy atom. The molecule has 1 heterocycles. The summed E-state index contributed by atoms with van der Waals surface area (Å²) in [6.07, 6.45) is 1.06. The molecular formula is C14H17N3O5S. The van der Waals surface area contributed by atoms with E-state index in [-0.39, 0.29) is 4.90 Å². The number of aliphatic carboxylic acids is 1. The van der Waals surface area contributed by atoms with E-state index in [2.05, 4.69) is 5.10 Å². The summed E-state index contributed by atoms with van der Waals surface area (Å²) in [6.45, 7) is 1.58. The van der Waals surface area contributed by atoms with Crippen molar-refractivity contribution in [2.24, 2.45) is 0 Å². The highest BCUT2D eigenvalue weighted by Gasteiger charge is 2.29. The lowest BCUT2D eigenvalue weighted by Crippen LogP contribution is -2.47. The second kappa shape index (κ2) is 6.90. The quantitative estimate of drug-likeness (QED) is 0.655. The number of aliphatic hydroxyl groups is 1. The van der Waals surface area contributed by atoms with Crippen molar-refractivity contribution < 1.29 is 23.4 Å². The molecule has 1 aromatic heterocycles. The normalized spacial score (nSPS) is 14.3. The summed E-state index contributed by atoms with van der Waals surface area (Å²) in [5, 5.41) is 22.3. The number of carboxylic acids is 1. The minimum absolute atomic E-state index is 0.166. The first-order chi connectivity index (χ1) is 10.8. The van der Waals surface area contributed by atoms with Gasteiger partial charge in [-0.2, -0.15) is 9.82 Å². The lowest BCUT2D eigenvalue weighted by atomic mass is 10.2. The van der Waals surface area contributed by atoms with E-state index in [0.717, 1.165) is 11.8 Å². The van der Waals surface area contributed by atoms with Crippen LogP contribution in [0.1, 0.15) is 12.5 Å². The van der Waals surface area contributed by atoms with Crippen molar-refractivity contribution in [3.63, 3.8) is 0 Å². The maximum absolute atomic E-state index is 12.2. The number of nitrogens with zero attached hydrogens (tertiary/aromatic N) is 2. The maximum Gasteiger partial charge on any atom is 0.324 e. The molecule has 8 nitrogen and oxygen atoms in total. The smallest absolute Gasteiger partial charge is 0.324 e. The van der Waals surface area contributed by atoms with Crippen molar-refractivity contribution >= 4 is 16.0 Å². The van der Waals surface area contributed by atoms with Gasteiger partial charge in [0.2, 0.25) is 10.0 Å². The van der Waals surface area contributed by atoms with Crippen molar-refractivity contribution in [3.8, 4) is 0 Å². The van der Waals surface area contributed by atoms with Crippen LogP contribution in [0.4, 0.5) is 0 Å². The molecule has 0 spiro atoms. The fourth-order valence-corrected chi connectivity index (χ4v) is 3.15. The van der Waals surface area contributed by atoms with Gasteiger partial charge in [0, 0.05) is 6.20 Å². The van der Waals surface area contributed by atoms with Crippen LogP contribution in [-0.2, 0) is 21.4 Å². The van der Waals surface area contributed by atoms with Gasteiger partial charge in [0.05, 0.1) is 18.8 Å². The zero-order valence-corrected chi connectivity index (χ0v) is 13.1. The molecule has 0 saturated heterocycles. The third kappa shape index (κ3) is 4.38. The number of aromatic nitrogens is 2. The summed E-state index contributed by atoms with van der Waals surface area (Å²) in [5.74, 6) is -1.46. The molecule has 23 heavy (non-hydrogen) atoms. The van der Waals surface area contributed by atoms with E-state index in [1.165, 1.54) is 17.8 Å². The molecule has 1 aromatic carbocycles. The number of carbonyl (C=O) groups is 1. The van der Waals surface area contributed by atoms with Crippen LogP contribution in [0, 0.1) is 0 Å². The number of rotatable bonds is 7. The Hall–Kier alpha value is -2.23. The standard InChI is InChI=1S/C14H17N3O5S/c1-10(18)13(14(19)20)16-23(21,22)12-7-15-17(9-12)8-11-5-3-2-4-6-11/h2-7,9-10,13,16,18H,8H2,1H3,(H,19,20)/t10-,13-/m0/s1. The van der Waals surface area contributed by atoms with Crippen LogP contribution >= 0.6 is 0 Å². The summed E-state index contributed by atoms with van der Waals surface area (Å²) in [7, 11) is -4.10. The van der Waals surface area contributed by atoms with Crippen molar-refractivity contribution in [1.29, 1.82) is 0 Å². The molecule has 2 rings (SSSR count). The second-order valence-electron chi connectivity index (χ2n) is 5.04. The van der Waals surface area contributed by atoms with Gasteiger partial charge >= 0.3 is 5.97 Å². The number of hydrogen-bond acceptors (Lipinski definition) is 5. The zero-order valence-electron chi connectivity index (χ0n) is 12.3. The van der Waals surface area contributed by atoms with E-state index in [1.807, 2.05) is 35.1 Å². The molecule has 9 heteroatoms. The Morgan fingerprint density at radius 1 is 1.35 bits per heavy atom. The number of aliphatic hydroxyl groups excluding tert-OH is 1. The average molecular weight is 339 g/mol. The molecule has 0 saturated carbocycles. The van der Waals surface area contributed by atoms with Gasteiger partial charge in [0.1, 0.15) is 10.9 Å². The highest BCUT2D eigenvalue weighted by atomic mass is 32.2. The first-order valence-electron chi connectivity index (χ1n) is 6.79. The van der Waals surface area contributed by atoms with E-state index < -0.39 is 28.1 Å². The molecule has 0 aliphatic rings. The third-order valence-corrected chi connectivity index (χ3v) is 4.53. The molecule has 0 aliphatic carbocycles. The van der Waals surface area contributed by atoms with Crippen molar-refractivity contribution in [3.05, 3.63) is 48.3 Å². The Labute approximate surface area is 133 Å². The highest BCUT2D eigenvalue weighted by Crippen LogP contribution is 2.11. The largest absolute Gasteiger partial charge is 0.480 e. The van der Waals surface area contributed by atoms with E-state index in [1.54, 1.807) is 0 Å². The number of sulfonamides is 1. The van der Waals surface area contributed by atoms with E-state index in [9.17, 15) is 18.3 Å².